The lowest BCUT2D eigenvalue weighted by atomic mass is 9.91. The van der Waals surface area contributed by atoms with Gasteiger partial charge in [0.25, 0.3) is 5.91 Å². The number of hydrogen-bond acceptors (Lipinski definition) is 9. The monoisotopic (exact) mass is 409 g/mol. The second-order valence-corrected chi connectivity index (χ2v) is 7.23. The van der Waals surface area contributed by atoms with Gasteiger partial charge in [0.15, 0.2) is 0 Å². The fourth-order valence-electron chi connectivity index (χ4n) is 3.22. The van der Waals surface area contributed by atoms with Crippen LogP contribution in [0.15, 0.2) is 35.6 Å². The van der Waals surface area contributed by atoms with Crippen molar-refractivity contribution in [3.8, 4) is 0 Å². The maximum Gasteiger partial charge on any atom is 0.254 e. The molecule has 158 valence electrons. The van der Waals surface area contributed by atoms with Gasteiger partial charge in [0.05, 0.1) is 11.4 Å². The van der Waals surface area contributed by atoms with Crippen LogP contribution in [0.3, 0.4) is 0 Å². The molecule has 2 aromatic rings. The minimum Gasteiger partial charge on any atom is -0.365 e. The van der Waals surface area contributed by atoms with Gasteiger partial charge in [-0.05, 0) is 38.0 Å². The highest BCUT2D eigenvalue weighted by Gasteiger charge is 2.23. The van der Waals surface area contributed by atoms with E-state index in [-0.39, 0.29) is 17.6 Å². The van der Waals surface area contributed by atoms with Crippen LogP contribution in [0.25, 0.3) is 0 Å². The van der Waals surface area contributed by atoms with E-state index in [0.29, 0.717) is 28.9 Å². The number of nitrogens with one attached hydrogen (secondary N) is 4. The summed E-state index contributed by atoms with van der Waals surface area (Å²) in [6.07, 6.45) is 6.71. The summed E-state index contributed by atoms with van der Waals surface area (Å²) in [5, 5.41) is 17.7. The first kappa shape index (κ1) is 21.2. The van der Waals surface area contributed by atoms with Gasteiger partial charge in [0.1, 0.15) is 11.4 Å². The molecule has 10 heteroatoms. The van der Waals surface area contributed by atoms with Crippen molar-refractivity contribution >= 4 is 41.0 Å². The number of amides is 1. The van der Waals surface area contributed by atoms with E-state index in [1.165, 1.54) is 6.20 Å². The van der Waals surface area contributed by atoms with Crippen LogP contribution in [0.4, 0.5) is 23.1 Å². The number of primary amides is 1. The number of hydrazone groups is 1. The van der Waals surface area contributed by atoms with Crippen LogP contribution < -0.4 is 27.5 Å². The van der Waals surface area contributed by atoms with Crippen molar-refractivity contribution in [2.45, 2.75) is 44.7 Å². The highest BCUT2D eigenvalue weighted by atomic mass is 16.1. The number of aromatic nitrogens is 2. The molecular formula is C20H27N9O. The summed E-state index contributed by atoms with van der Waals surface area (Å²) in [6.45, 7) is 1.72. The molecule has 0 spiro atoms. The van der Waals surface area contributed by atoms with Crippen LogP contribution in [-0.4, -0.2) is 39.9 Å². The van der Waals surface area contributed by atoms with Gasteiger partial charge in [-0.1, -0.05) is 18.9 Å². The molecule has 0 bridgehead atoms. The van der Waals surface area contributed by atoms with Crippen molar-refractivity contribution in [3.63, 3.8) is 0 Å². The van der Waals surface area contributed by atoms with E-state index in [4.69, 9.17) is 16.9 Å². The predicted octanol–water partition coefficient (Wildman–Crippen LogP) is 2.44. The molecule has 3 rings (SSSR count). The number of benzene rings is 1. The molecule has 8 N–H and O–H groups in total. The maximum absolute atomic E-state index is 11.9. The Kier molecular flexibility index (Phi) is 6.91. The molecule has 1 saturated carbocycles. The third-order valence-electron chi connectivity index (χ3n) is 4.88. The summed E-state index contributed by atoms with van der Waals surface area (Å²) in [5.41, 5.74) is 16.7. The lowest BCUT2D eigenvalue weighted by Gasteiger charge is -2.29. The molecule has 1 aromatic heterocycles. The van der Waals surface area contributed by atoms with E-state index >= 15 is 0 Å². The Balaban J connectivity index is 1.81. The number of rotatable bonds is 8. The number of nitrogens with zero attached hydrogens (tertiary/aromatic N) is 3. The Morgan fingerprint density at radius 3 is 2.80 bits per heavy atom. The quantitative estimate of drug-likeness (QED) is 0.287. The van der Waals surface area contributed by atoms with Crippen LogP contribution in [-0.2, 0) is 0 Å². The first-order valence-electron chi connectivity index (χ1n) is 9.83. The Morgan fingerprint density at radius 1 is 1.30 bits per heavy atom. The first-order chi connectivity index (χ1) is 14.5. The SMILES string of the molecule is C/C(C=N)=N/Nc1cccc(Nc2nc(N[C@@H]3CCCC[C@@H]3N)ncc2C(N)=O)c1. The summed E-state index contributed by atoms with van der Waals surface area (Å²) in [6, 6.07) is 7.42. The first-order valence-corrected chi connectivity index (χ1v) is 9.83. The Hall–Kier alpha value is -3.53. The average molecular weight is 409 g/mol. The van der Waals surface area contributed by atoms with E-state index in [0.717, 1.165) is 31.9 Å². The van der Waals surface area contributed by atoms with E-state index in [2.05, 4.69) is 31.1 Å². The minimum atomic E-state index is -0.626. The zero-order valence-corrected chi connectivity index (χ0v) is 16.9. The number of nitrogens with two attached hydrogens (primary N) is 2. The molecule has 0 radical (unpaired) electrons. The number of carbonyl (C=O) groups is 1. The van der Waals surface area contributed by atoms with Crippen LogP contribution in [0.5, 0.6) is 0 Å². The van der Waals surface area contributed by atoms with Crippen molar-refractivity contribution in [1.82, 2.24) is 9.97 Å². The van der Waals surface area contributed by atoms with Crippen molar-refractivity contribution in [1.29, 1.82) is 5.41 Å². The zero-order chi connectivity index (χ0) is 21.5. The third-order valence-corrected chi connectivity index (χ3v) is 4.88. The molecule has 1 fully saturated rings. The fourth-order valence-corrected chi connectivity index (χ4v) is 3.22. The highest BCUT2D eigenvalue weighted by molar-refractivity contribution is 6.28. The molecule has 1 aromatic carbocycles. The molecule has 0 unspecified atom stereocenters. The standard InChI is InChI=1S/C20H27N9O/c1-12(10-21)28-29-14-6-4-5-13(9-14)25-19-15(18(23)30)11-24-20(27-19)26-17-8-3-2-7-16(17)22/h4-6,9-11,16-17,21,29H,2-3,7-8,22H2,1H3,(H2,23,30)(H2,24,25,26,27)/b21-10?,28-12-/t16-,17+/m0/s1. The summed E-state index contributed by atoms with van der Waals surface area (Å²) < 4.78 is 0. The molecule has 30 heavy (non-hydrogen) atoms. The van der Waals surface area contributed by atoms with Crippen molar-refractivity contribution in [3.05, 3.63) is 36.0 Å². The van der Waals surface area contributed by atoms with Gasteiger partial charge in [-0.2, -0.15) is 10.1 Å². The molecule has 1 aliphatic rings. The number of carbonyl (C=O) groups excluding carboxylic acids is 1. The Bertz CT molecular complexity index is 944. The van der Waals surface area contributed by atoms with Crippen LogP contribution in [0.2, 0.25) is 0 Å². The summed E-state index contributed by atoms with van der Waals surface area (Å²) in [4.78, 5) is 20.6. The molecule has 2 atom stereocenters. The molecule has 10 nitrogen and oxygen atoms in total. The topological polar surface area (TPSA) is 167 Å². The lowest BCUT2D eigenvalue weighted by molar-refractivity contribution is 0.100. The van der Waals surface area contributed by atoms with Gasteiger partial charge in [-0.25, -0.2) is 4.98 Å². The Labute approximate surface area is 175 Å². The van der Waals surface area contributed by atoms with Crippen molar-refractivity contribution < 1.29 is 4.79 Å². The van der Waals surface area contributed by atoms with Crippen LogP contribution in [0, 0.1) is 5.41 Å². The van der Waals surface area contributed by atoms with Gasteiger partial charge >= 0.3 is 0 Å². The van der Waals surface area contributed by atoms with E-state index in [1.807, 2.05) is 18.2 Å². The van der Waals surface area contributed by atoms with Crippen molar-refractivity contribution in [2.24, 2.45) is 16.6 Å². The van der Waals surface area contributed by atoms with Gasteiger partial charge in [-0.15, -0.1) is 0 Å². The normalized spacial score (nSPS) is 19.1. The van der Waals surface area contributed by atoms with Crippen LogP contribution >= 0.6 is 0 Å². The summed E-state index contributed by atoms with van der Waals surface area (Å²) in [7, 11) is 0. The summed E-state index contributed by atoms with van der Waals surface area (Å²) >= 11 is 0. The summed E-state index contributed by atoms with van der Waals surface area (Å²) in [5.74, 6) is 0.0740. The third kappa shape index (κ3) is 5.51. The molecule has 1 heterocycles. The predicted molar refractivity (Wildman–Crippen MR) is 120 cm³/mol. The zero-order valence-electron chi connectivity index (χ0n) is 16.9. The van der Waals surface area contributed by atoms with Crippen molar-refractivity contribution in [2.75, 3.05) is 16.1 Å². The van der Waals surface area contributed by atoms with Gasteiger partial charge in [0, 0.05) is 30.2 Å². The number of anilines is 4. The smallest absolute Gasteiger partial charge is 0.254 e. The maximum atomic E-state index is 11.9. The molecule has 0 aliphatic heterocycles. The molecule has 1 amide bonds. The lowest BCUT2D eigenvalue weighted by Crippen LogP contribution is -2.43. The largest absolute Gasteiger partial charge is 0.365 e. The molecule has 0 saturated heterocycles. The highest BCUT2D eigenvalue weighted by Crippen LogP contribution is 2.24. The van der Waals surface area contributed by atoms with Gasteiger partial charge < -0.3 is 27.5 Å². The Morgan fingerprint density at radius 2 is 2.07 bits per heavy atom. The average Bonchev–Trinajstić information content (AvgIpc) is 2.74. The minimum absolute atomic E-state index is 0.0438. The second kappa shape index (κ2) is 9.79. The van der Waals surface area contributed by atoms with E-state index in [9.17, 15) is 4.79 Å². The molecule has 1 aliphatic carbocycles. The molecular weight excluding hydrogens is 382 g/mol. The van der Waals surface area contributed by atoms with Gasteiger partial charge in [0.2, 0.25) is 5.95 Å². The van der Waals surface area contributed by atoms with Gasteiger partial charge in [-0.3, -0.25) is 10.2 Å². The van der Waals surface area contributed by atoms with E-state index < -0.39 is 5.91 Å². The second-order valence-electron chi connectivity index (χ2n) is 7.23. The van der Waals surface area contributed by atoms with E-state index in [1.54, 1.807) is 13.0 Å². The number of hydrogen-bond donors (Lipinski definition) is 6. The van der Waals surface area contributed by atoms with Crippen LogP contribution in [0.1, 0.15) is 43.0 Å². The fraction of sp³-hybridized carbons (Fsp3) is 0.350.